The summed E-state index contributed by atoms with van der Waals surface area (Å²) in [5.74, 6) is 2.62. The van der Waals surface area contributed by atoms with Gasteiger partial charge in [-0.15, -0.1) is 0 Å². The van der Waals surface area contributed by atoms with Gasteiger partial charge >= 0.3 is 0 Å². The maximum absolute atomic E-state index is 5.82. The molecule has 0 fully saturated rings. The van der Waals surface area contributed by atoms with Gasteiger partial charge in [-0.05, 0) is 19.3 Å². The van der Waals surface area contributed by atoms with Crippen molar-refractivity contribution in [2.75, 3.05) is 26.3 Å². The van der Waals surface area contributed by atoms with Gasteiger partial charge in [-0.25, -0.2) is 0 Å². The Morgan fingerprint density at radius 2 is 1.54 bits per heavy atom. The van der Waals surface area contributed by atoms with Crippen molar-refractivity contribution in [2.45, 2.75) is 84.0 Å². The first-order valence-corrected chi connectivity index (χ1v) is 10.2. The van der Waals surface area contributed by atoms with Crippen LogP contribution >= 0.6 is 0 Å². The van der Waals surface area contributed by atoms with Crippen LogP contribution < -0.4 is 0 Å². The van der Waals surface area contributed by atoms with Crippen LogP contribution in [0.3, 0.4) is 0 Å². The summed E-state index contributed by atoms with van der Waals surface area (Å²) in [6.07, 6.45) is 14.7. The van der Waals surface area contributed by atoms with Crippen molar-refractivity contribution in [3.05, 3.63) is 0 Å². The zero-order valence-corrected chi connectivity index (χ0v) is 15.6. The second-order valence-corrected chi connectivity index (χ2v) is 7.05. The molecule has 0 saturated carbocycles. The predicted octanol–water partition coefficient (Wildman–Crippen LogP) is 5.16. The molecule has 2 rings (SSSR count). The van der Waals surface area contributed by atoms with Crippen LogP contribution in [-0.4, -0.2) is 38.1 Å². The molecule has 0 aromatic heterocycles. The zero-order chi connectivity index (χ0) is 16.9. The molecule has 2 aliphatic heterocycles. The minimum Gasteiger partial charge on any atom is -0.481 e. The molecule has 0 radical (unpaired) electrons. The third kappa shape index (κ3) is 7.67. The zero-order valence-electron chi connectivity index (χ0n) is 15.6. The minimum absolute atomic E-state index is 0.565. The van der Waals surface area contributed by atoms with Gasteiger partial charge in [0.2, 0.25) is 0 Å². The van der Waals surface area contributed by atoms with E-state index in [1.165, 1.54) is 57.8 Å². The number of ether oxygens (including phenoxy) is 2. The molecule has 0 spiro atoms. The second kappa shape index (κ2) is 12.3. The lowest BCUT2D eigenvalue weighted by molar-refractivity contribution is 0.250. The fraction of sp³-hybridized carbons (Fsp3) is 0.900. The van der Waals surface area contributed by atoms with Gasteiger partial charge in [0.25, 0.3) is 0 Å². The van der Waals surface area contributed by atoms with E-state index in [0.29, 0.717) is 5.92 Å². The standard InChI is InChI=1S/C20H36N2O2/c1-2-3-11-18(20-22-15-10-17-24-20)12-7-5-4-6-8-13-19-21-14-9-16-23-19/h18H,2-17H2,1H3. The topological polar surface area (TPSA) is 43.2 Å². The number of rotatable bonds is 12. The first kappa shape index (κ1) is 19.3. The van der Waals surface area contributed by atoms with Gasteiger partial charge in [0, 0.05) is 38.3 Å². The molecular weight excluding hydrogens is 300 g/mol. The highest BCUT2D eigenvalue weighted by Gasteiger charge is 2.18. The number of nitrogens with zero attached hydrogens (tertiary/aromatic N) is 2. The molecule has 138 valence electrons. The molecule has 24 heavy (non-hydrogen) atoms. The van der Waals surface area contributed by atoms with E-state index in [0.717, 1.165) is 57.4 Å². The Bertz CT molecular complexity index is 393. The normalized spacial score (nSPS) is 19.0. The van der Waals surface area contributed by atoms with Gasteiger partial charge in [-0.3, -0.25) is 9.98 Å². The summed E-state index contributed by atoms with van der Waals surface area (Å²) >= 11 is 0. The predicted molar refractivity (Wildman–Crippen MR) is 101 cm³/mol. The summed E-state index contributed by atoms with van der Waals surface area (Å²) in [5, 5.41) is 0. The van der Waals surface area contributed by atoms with Crippen LogP contribution in [0.4, 0.5) is 0 Å². The van der Waals surface area contributed by atoms with Crippen LogP contribution in [0.5, 0.6) is 0 Å². The van der Waals surface area contributed by atoms with Crippen molar-refractivity contribution < 1.29 is 9.47 Å². The molecule has 0 N–H and O–H groups in total. The van der Waals surface area contributed by atoms with Crippen LogP contribution in [0.15, 0.2) is 9.98 Å². The Morgan fingerprint density at radius 3 is 2.25 bits per heavy atom. The van der Waals surface area contributed by atoms with Crippen molar-refractivity contribution in [2.24, 2.45) is 15.9 Å². The number of hydrogen-bond acceptors (Lipinski definition) is 4. The van der Waals surface area contributed by atoms with Crippen LogP contribution in [-0.2, 0) is 9.47 Å². The third-order valence-corrected chi connectivity index (χ3v) is 4.88. The second-order valence-electron chi connectivity index (χ2n) is 7.05. The average Bonchev–Trinajstić information content (AvgIpc) is 2.65. The molecule has 0 bridgehead atoms. The largest absolute Gasteiger partial charge is 0.481 e. The Hall–Kier alpha value is -1.06. The Kier molecular flexibility index (Phi) is 9.89. The van der Waals surface area contributed by atoms with Crippen molar-refractivity contribution >= 4 is 11.8 Å². The van der Waals surface area contributed by atoms with Gasteiger partial charge in [0.1, 0.15) is 0 Å². The van der Waals surface area contributed by atoms with E-state index in [1.807, 2.05) is 0 Å². The Balaban J connectivity index is 1.54. The smallest absolute Gasteiger partial charge is 0.186 e. The van der Waals surface area contributed by atoms with Crippen molar-refractivity contribution in [3.63, 3.8) is 0 Å². The lowest BCUT2D eigenvalue weighted by Gasteiger charge is -2.22. The molecule has 1 unspecified atom stereocenters. The number of unbranched alkanes of at least 4 members (excludes halogenated alkanes) is 5. The Labute approximate surface area is 148 Å². The maximum atomic E-state index is 5.82. The third-order valence-electron chi connectivity index (χ3n) is 4.88. The quantitative estimate of drug-likeness (QED) is 0.462. The van der Waals surface area contributed by atoms with Crippen molar-refractivity contribution in [3.8, 4) is 0 Å². The van der Waals surface area contributed by atoms with Gasteiger partial charge in [0.05, 0.1) is 13.2 Å². The summed E-state index contributed by atoms with van der Waals surface area (Å²) in [6.45, 7) is 5.92. The molecule has 4 nitrogen and oxygen atoms in total. The van der Waals surface area contributed by atoms with Gasteiger partial charge in [-0.1, -0.05) is 45.4 Å². The van der Waals surface area contributed by atoms with E-state index < -0.39 is 0 Å². The van der Waals surface area contributed by atoms with Gasteiger partial charge < -0.3 is 9.47 Å². The van der Waals surface area contributed by atoms with Crippen molar-refractivity contribution in [1.29, 1.82) is 0 Å². The van der Waals surface area contributed by atoms with E-state index in [2.05, 4.69) is 16.9 Å². The van der Waals surface area contributed by atoms with E-state index in [9.17, 15) is 0 Å². The molecule has 0 aromatic rings. The lowest BCUT2D eigenvalue weighted by Crippen LogP contribution is -2.23. The number of hydrogen-bond donors (Lipinski definition) is 0. The molecule has 2 heterocycles. The summed E-state index contributed by atoms with van der Waals surface area (Å²) in [7, 11) is 0. The summed E-state index contributed by atoms with van der Waals surface area (Å²) < 4.78 is 11.4. The first-order chi connectivity index (χ1) is 11.9. The molecule has 0 amide bonds. The van der Waals surface area contributed by atoms with Crippen molar-refractivity contribution in [1.82, 2.24) is 0 Å². The molecule has 2 aliphatic rings. The molecule has 1 atom stereocenters. The van der Waals surface area contributed by atoms with Gasteiger partial charge in [0.15, 0.2) is 11.8 Å². The molecule has 0 aliphatic carbocycles. The van der Waals surface area contributed by atoms with E-state index in [1.54, 1.807) is 0 Å². The van der Waals surface area contributed by atoms with Crippen LogP contribution in [0.25, 0.3) is 0 Å². The maximum Gasteiger partial charge on any atom is 0.186 e. The first-order valence-electron chi connectivity index (χ1n) is 10.2. The van der Waals surface area contributed by atoms with Crippen LogP contribution in [0.1, 0.15) is 84.0 Å². The monoisotopic (exact) mass is 336 g/mol. The molecule has 0 aromatic carbocycles. The Morgan fingerprint density at radius 1 is 0.833 bits per heavy atom. The van der Waals surface area contributed by atoms with Crippen LogP contribution in [0, 0.1) is 5.92 Å². The fourth-order valence-electron chi connectivity index (χ4n) is 3.42. The highest BCUT2D eigenvalue weighted by Crippen LogP contribution is 2.22. The summed E-state index contributed by atoms with van der Waals surface area (Å²) in [5.41, 5.74) is 0. The lowest BCUT2D eigenvalue weighted by atomic mass is 9.94. The van der Waals surface area contributed by atoms with Crippen LogP contribution in [0.2, 0.25) is 0 Å². The fourth-order valence-corrected chi connectivity index (χ4v) is 3.42. The summed E-state index contributed by atoms with van der Waals surface area (Å²) in [6, 6.07) is 0. The SMILES string of the molecule is CCCCC(CCCCCCCC1=NCCCO1)C1=NCCCO1. The van der Waals surface area contributed by atoms with Gasteiger partial charge in [-0.2, -0.15) is 0 Å². The molecule has 0 saturated heterocycles. The minimum atomic E-state index is 0.565. The van der Waals surface area contributed by atoms with E-state index in [-0.39, 0.29) is 0 Å². The average molecular weight is 337 g/mol. The molecular formula is C20H36N2O2. The number of aliphatic imine (C=N–C) groups is 2. The highest BCUT2D eigenvalue weighted by molar-refractivity contribution is 5.79. The highest BCUT2D eigenvalue weighted by atomic mass is 16.5. The van der Waals surface area contributed by atoms with E-state index in [4.69, 9.17) is 9.47 Å². The molecule has 4 heteroatoms. The summed E-state index contributed by atoms with van der Waals surface area (Å²) in [4.78, 5) is 9.06. The van der Waals surface area contributed by atoms with E-state index >= 15 is 0 Å².